The third-order valence-corrected chi connectivity index (χ3v) is 4.47. The molecule has 3 aromatic carbocycles. The van der Waals surface area contributed by atoms with Crippen LogP contribution in [0.5, 0.6) is 11.5 Å². The minimum Gasteiger partial charge on any atom is -0.504 e. The second-order valence-corrected chi connectivity index (χ2v) is 6.51. The van der Waals surface area contributed by atoms with E-state index >= 15 is 0 Å². The third kappa shape index (κ3) is 4.32. The topological polar surface area (TPSA) is 75.6 Å². The molecule has 5 nitrogen and oxygen atoms in total. The number of hydrogen-bond donors (Lipinski definition) is 2. The lowest BCUT2D eigenvalue weighted by molar-refractivity contribution is 0.0939. The van der Waals surface area contributed by atoms with Gasteiger partial charge in [0.1, 0.15) is 0 Å². The molecule has 0 aliphatic carbocycles. The first kappa shape index (κ1) is 19.5. The van der Waals surface area contributed by atoms with Gasteiger partial charge in [-0.1, -0.05) is 35.9 Å². The van der Waals surface area contributed by atoms with Gasteiger partial charge in [0.25, 0.3) is 5.91 Å². The molecule has 0 radical (unpaired) electrons. The molecule has 142 valence electrons. The van der Waals surface area contributed by atoms with E-state index in [2.05, 4.69) is 5.32 Å². The van der Waals surface area contributed by atoms with Crippen LogP contribution in [-0.4, -0.2) is 23.9 Å². The number of carbonyl (C=O) groups excluding carboxylic acids is 2. The van der Waals surface area contributed by atoms with Crippen molar-refractivity contribution in [2.75, 3.05) is 7.11 Å². The fourth-order valence-corrected chi connectivity index (χ4v) is 2.87. The predicted octanol–water partition coefficient (Wildman–Crippen LogP) is 4.22. The van der Waals surface area contributed by atoms with Gasteiger partial charge in [0.15, 0.2) is 17.3 Å². The number of carbonyl (C=O) groups is 2. The van der Waals surface area contributed by atoms with Crippen LogP contribution in [0, 0.1) is 0 Å². The Morgan fingerprint density at radius 1 is 1.00 bits per heavy atom. The van der Waals surface area contributed by atoms with Crippen molar-refractivity contribution in [2.24, 2.45) is 0 Å². The summed E-state index contributed by atoms with van der Waals surface area (Å²) in [6, 6.07) is 18.0. The van der Waals surface area contributed by atoms with Crippen LogP contribution in [0.15, 0.2) is 66.7 Å². The minimum absolute atomic E-state index is 0.0245. The van der Waals surface area contributed by atoms with Crippen molar-refractivity contribution < 1.29 is 19.4 Å². The maximum absolute atomic E-state index is 12.8. The molecule has 0 aliphatic heterocycles. The molecule has 0 spiro atoms. The molecular weight excluding hydrogens is 378 g/mol. The first-order chi connectivity index (χ1) is 13.5. The summed E-state index contributed by atoms with van der Waals surface area (Å²) >= 11 is 5.87. The highest BCUT2D eigenvalue weighted by Crippen LogP contribution is 2.26. The Kier molecular flexibility index (Phi) is 5.96. The van der Waals surface area contributed by atoms with Crippen LogP contribution in [0.1, 0.15) is 31.8 Å². The number of halogens is 1. The van der Waals surface area contributed by atoms with Gasteiger partial charge in [0, 0.05) is 22.7 Å². The highest BCUT2D eigenvalue weighted by Gasteiger charge is 2.18. The summed E-state index contributed by atoms with van der Waals surface area (Å²) in [5.74, 6) is -0.278. The molecule has 0 heterocycles. The van der Waals surface area contributed by atoms with Crippen molar-refractivity contribution in [3.8, 4) is 11.5 Å². The summed E-state index contributed by atoms with van der Waals surface area (Å²) in [6.45, 7) is 0.221. The Bertz CT molecular complexity index is 1020. The molecule has 0 saturated carbocycles. The molecule has 0 fully saturated rings. The van der Waals surface area contributed by atoms with E-state index in [1.165, 1.54) is 13.2 Å². The molecular formula is C22H18ClNO4. The van der Waals surface area contributed by atoms with Crippen LogP contribution in [-0.2, 0) is 6.54 Å². The van der Waals surface area contributed by atoms with Crippen LogP contribution in [0.2, 0.25) is 5.02 Å². The molecule has 28 heavy (non-hydrogen) atoms. The Hall–Kier alpha value is -3.31. The van der Waals surface area contributed by atoms with Gasteiger partial charge in [-0.05, 0) is 48.0 Å². The second kappa shape index (κ2) is 8.59. The van der Waals surface area contributed by atoms with Gasteiger partial charge in [-0.15, -0.1) is 0 Å². The number of nitrogens with one attached hydrogen (secondary N) is 1. The normalized spacial score (nSPS) is 10.4. The zero-order chi connectivity index (χ0) is 20.1. The van der Waals surface area contributed by atoms with Gasteiger partial charge in [0.2, 0.25) is 0 Å². The Balaban J connectivity index is 1.79. The van der Waals surface area contributed by atoms with Crippen LogP contribution < -0.4 is 10.1 Å². The van der Waals surface area contributed by atoms with Crippen LogP contribution >= 0.6 is 11.6 Å². The van der Waals surface area contributed by atoms with E-state index in [4.69, 9.17) is 16.3 Å². The quantitative estimate of drug-likeness (QED) is 0.613. The number of methoxy groups -OCH3 is 1. The number of rotatable bonds is 6. The average Bonchev–Trinajstić information content (AvgIpc) is 2.73. The van der Waals surface area contributed by atoms with Crippen molar-refractivity contribution in [3.05, 3.63) is 94.0 Å². The fourth-order valence-electron chi connectivity index (χ4n) is 2.75. The molecule has 3 aromatic rings. The largest absolute Gasteiger partial charge is 0.504 e. The van der Waals surface area contributed by atoms with E-state index in [1.807, 2.05) is 0 Å². The van der Waals surface area contributed by atoms with Gasteiger partial charge < -0.3 is 15.2 Å². The number of phenolic OH excluding ortho intramolecular Hbond substituents is 1. The van der Waals surface area contributed by atoms with Crippen LogP contribution in [0.3, 0.4) is 0 Å². The minimum atomic E-state index is -0.370. The lowest BCUT2D eigenvalue weighted by Crippen LogP contribution is -2.25. The molecule has 3 rings (SSSR count). The van der Waals surface area contributed by atoms with Gasteiger partial charge >= 0.3 is 0 Å². The highest BCUT2D eigenvalue weighted by atomic mass is 35.5. The molecule has 0 aromatic heterocycles. The first-order valence-electron chi connectivity index (χ1n) is 8.53. The van der Waals surface area contributed by atoms with Crippen molar-refractivity contribution >= 4 is 23.3 Å². The molecule has 0 unspecified atom stereocenters. The number of benzene rings is 3. The number of phenols is 1. The van der Waals surface area contributed by atoms with Gasteiger partial charge in [0.05, 0.1) is 12.7 Å². The van der Waals surface area contributed by atoms with Crippen LogP contribution in [0.4, 0.5) is 0 Å². The number of amides is 1. The number of ether oxygens (including phenoxy) is 1. The molecule has 0 aliphatic rings. The number of hydrogen-bond acceptors (Lipinski definition) is 4. The summed E-state index contributed by atoms with van der Waals surface area (Å²) < 4.78 is 5.07. The number of aromatic hydroxyl groups is 1. The predicted molar refractivity (Wildman–Crippen MR) is 107 cm³/mol. The summed E-state index contributed by atoms with van der Waals surface area (Å²) in [4.78, 5) is 25.5. The lowest BCUT2D eigenvalue weighted by atomic mass is 9.98. The molecule has 0 bridgehead atoms. The van der Waals surface area contributed by atoms with E-state index in [9.17, 15) is 14.7 Å². The maximum atomic E-state index is 12.8. The van der Waals surface area contributed by atoms with Crippen molar-refractivity contribution in [1.29, 1.82) is 0 Å². The Morgan fingerprint density at radius 2 is 1.68 bits per heavy atom. The fraction of sp³-hybridized carbons (Fsp3) is 0.0909. The smallest absolute Gasteiger partial charge is 0.252 e. The summed E-state index contributed by atoms with van der Waals surface area (Å²) in [5, 5.41) is 13.0. The first-order valence-corrected chi connectivity index (χ1v) is 8.91. The summed E-state index contributed by atoms with van der Waals surface area (Å²) in [5.41, 5.74) is 1.80. The summed E-state index contributed by atoms with van der Waals surface area (Å²) in [7, 11) is 1.45. The Morgan fingerprint density at radius 3 is 2.36 bits per heavy atom. The standard InChI is InChI=1S/C22H18ClNO4/c1-28-20-12-14(6-11-19(20)25)13-24-22(27)18-5-3-2-4-17(18)21(26)15-7-9-16(23)10-8-15/h2-12,25H,13H2,1H3,(H,24,27). The van der Waals surface area contributed by atoms with E-state index in [0.29, 0.717) is 21.9 Å². The monoisotopic (exact) mass is 395 g/mol. The molecule has 0 atom stereocenters. The molecule has 1 amide bonds. The zero-order valence-corrected chi connectivity index (χ0v) is 15.9. The van der Waals surface area contributed by atoms with E-state index in [0.717, 1.165) is 5.56 Å². The molecule has 6 heteroatoms. The van der Waals surface area contributed by atoms with E-state index < -0.39 is 0 Å². The van der Waals surface area contributed by atoms with Crippen LogP contribution in [0.25, 0.3) is 0 Å². The van der Waals surface area contributed by atoms with Crippen molar-refractivity contribution in [1.82, 2.24) is 5.32 Å². The molecule has 2 N–H and O–H groups in total. The molecule has 0 saturated heterocycles. The van der Waals surface area contributed by atoms with Gasteiger partial charge in [-0.3, -0.25) is 9.59 Å². The zero-order valence-electron chi connectivity index (χ0n) is 15.1. The second-order valence-electron chi connectivity index (χ2n) is 6.07. The average molecular weight is 396 g/mol. The maximum Gasteiger partial charge on any atom is 0.252 e. The SMILES string of the molecule is COc1cc(CNC(=O)c2ccccc2C(=O)c2ccc(Cl)cc2)ccc1O. The summed E-state index contributed by atoms with van der Waals surface area (Å²) in [6.07, 6.45) is 0. The lowest BCUT2D eigenvalue weighted by Gasteiger charge is -2.11. The Labute approximate surface area is 167 Å². The van der Waals surface area contributed by atoms with E-state index in [1.54, 1.807) is 60.7 Å². The third-order valence-electron chi connectivity index (χ3n) is 4.22. The highest BCUT2D eigenvalue weighted by molar-refractivity contribution is 6.30. The van der Waals surface area contributed by atoms with E-state index in [-0.39, 0.29) is 29.5 Å². The van der Waals surface area contributed by atoms with Gasteiger partial charge in [-0.25, -0.2) is 0 Å². The van der Waals surface area contributed by atoms with Crippen molar-refractivity contribution in [2.45, 2.75) is 6.54 Å². The number of ketones is 1. The van der Waals surface area contributed by atoms with Crippen molar-refractivity contribution in [3.63, 3.8) is 0 Å². The van der Waals surface area contributed by atoms with Gasteiger partial charge in [-0.2, -0.15) is 0 Å².